The van der Waals surface area contributed by atoms with Gasteiger partial charge in [-0.15, -0.1) is 10.2 Å². The minimum atomic E-state index is 0.442. The fraction of sp³-hybridized carbons (Fsp3) is 0.667. The summed E-state index contributed by atoms with van der Waals surface area (Å²) in [7, 11) is 1.81. The van der Waals surface area contributed by atoms with E-state index in [1.165, 1.54) is 0 Å². The van der Waals surface area contributed by atoms with Crippen LogP contribution >= 0.6 is 0 Å². The number of amidine groups is 1. The number of nitrogens with one attached hydrogen (secondary N) is 2. The largest absolute Gasteiger partial charge is 0.324 e. The maximum atomic E-state index is 5.24. The highest BCUT2D eigenvalue weighted by Crippen LogP contribution is 1.78. The van der Waals surface area contributed by atoms with Gasteiger partial charge in [0.25, 0.3) is 0 Å². The monoisotopic (exact) mass is 115 g/mol. The van der Waals surface area contributed by atoms with Gasteiger partial charge in [0.2, 0.25) is 0 Å². The molecule has 5 nitrogen and oxygen atoms in total. The van der Waals surface area contributed by atoms with Crippen LogP contribution in [0.25, 0.3) is 0 Å². The van der Waals surface area contributed by atoms with Gasteiger partial charge in [-0.3, -0.25) is 5.43 Å². The van der Waals surface area contributed by atoms with Crippen LogP contribution in [-0.4, -0.2) is 24.5 Å². The zero-order chi connectivity index (χ0) is 5.98. The van der Waals surface area contributed by atoms with E-state index in [0.29, 0.717) is 6.54 Å². The molecule has 5 heteroatoms. The number of nitrogens with two attached hydrogens (primary N) is 1. The molecule has 1 aliphatic heterocycles. The Morgan fingerprint density at radius 2 is 2.62 bits per heavy atom. The number of hydrazine groups is 2. The van der Waals surface area contributed by atoms with Crippen molar-refractivity contribution in [3.8, 4) is 0 Å². The summed E-state index contributed by atoms with van der Waals surface area (Å²) >= 11 is 0. The van der Waals surface area contributed by atoms with E-state index in [9.17, 15) is 0 Å². The molecule has 0 saturated carbocycles. The number of nitrogens with zero attached hydrogens (tertiary/aromatic N) is 2. The highest BCUT2D eigenvalue weighted by molar-refractivity contribution is 5.83. The predicted molar refractivity (Wildman–Crippen MR) is 30.5 cm³/mol. The number of hydrazone groups is 1. The van der Waals surface area contributed by atoms with E-state index in [2.05, 4.69) is 16.1 Å². The van der Waals surface area contributed by atoms with Crippen LogP contribution < -0.4 is 16.7 Å². The van der Waals surface area contributed by atoms with Crippen molar-refractivity contribution >= 4 is 5.84 Å². The second-order valence-corrected chi connectivity index (χ2v) is 1.53. The van der Waals surface area contributed by atoms with Crippen molar-refractivity contribution in [2.45, 2.75) is 0 Å². The van der Waals surface area contributed by atoms with E-state index in [1.807, 2.05) is 7.05 Å². The van der Waals surface area contributed by atoms with E-state index in [1.54, 1.807) is 5.12 Å². The smallest absolute Gasteiger partial charge is 0.153 e. The molecule has 0 atom stereocenters. The van der Waals surface area contributed by atoms with E-state index in [0.717, 1.165) is 5.84 Å². The Labute approximate surface area is 47.5 Å². The average molecular weight is 115 g/mol. The van der Waals surface area contributed by atoms with Gasteiger partial charge in [-0.05, 0) is 0 Å². The van der Waals surface area contributed by atoms with Gasteiger partial charge in [-0.25, -0.2) is 5.53 Å². The summed E-state index contributed by atoms with van der Waals surface area (Å²) in [5.74, 6) is 0.757. The summed E-state index contributed by atoms with van der Waals surface area (Å²) < 4.78 is 0. The fourth-order valence-corrected chi connectivity index (χ4v) is 0.470. The van der Waals surface area contributed by atoms with Gasteiger partial charge < -0.3 is 5.73 Å². The minimum Gasteiger partial charge on any atom is -0.324 e. The van der Waals surface area contributed by atoms with Gasteiger partial charge in [-0.2, -0.15) is 0 Å². The molecule has 0 aliphatic carbocycles. The van der Waals surface area contributed by atoms with Crippen molar-refractivity contribution in [1.82, 2.24) is 16.1 Å². The van der Waals surface area contributed by atoms with Gasteiger partial charge in [0.1, 0.15) is 0 Å². The van der Waals surface area contributed by atoms with Crippen LogP contribution in [-0.2, 0) is 0 Å². The number of hydrogen-bond acceptors (Lipinski definition) is 5. The predicted octanol–water partition coefficient (Wildman–Crippen LogP) is -1.79. The molecule has 0 spiro atoms. The van der Waals surface area contributed by atoms with Crippen molar-refractivity contribution in [3.05, 3.63) is 0 Å². The molecule has 0 aromatic heterocycles. The first kappa shape index (κ1) is 5.33. The normalized spacial score (nSPS) is 19.5. The number of rotatable bonds is 1. The summed E-state index contributed by atoms with van der Waals surface area (Å²) in [5, 5.41) is 5.42. The Bertz CT molecular complexity index is 108. The molecule has 0 saturated heterocycles. The molecule has 0 aromatic carbocycles. The Kier molecular flexibility index (Phi) is 1.32. The molecule has 0 radical (unpaired) electrons. The molecule has 0 bridgehead atoms. The molecule has 1 heterocycles. The third-order valence-corrected chi connectivity index (χ3v) is 0.825. The average Bonchev–Trinajstić information content (AvgIpc) is 2.14. The lowest BCUT2D eigenvalue weighted by Gasteiger charge is -2.06. The van der Waals surface area contributed by atoms with Crippen LogP contribution in [0.4, 0.5) is 0 Å². The molecular formula is C3H9N5. The lowest BCUT2D eigenvalue weighted by molar-refractivity contribution is 0.231. The third-order valence-electron chi connectivity index (χ3n) is 0.825. The molecule has 0 unspecified atom stereocenters. The van der Waals surface area contributed by atoms with Gasteiger partial charge >= 0.3 is 0 Å². The van der Waals surface area contributed by atoms with Crippen molar-refractivity contribution < 1.29 is 0 Å². The van der Waals surface area contributed by atoms with E-state index in [-0.39, 0.29) is 0 Å². The highest BCUT2D eigenvalue weighted by Gasteiger charge is 2.05. The van der Waals surface area contributed by atoms with Crippen LogP contribution in [0.2, 0.25) is 0 Å². The Morgan fingerprint density at radius 1 is 1.88 bits per heavy atom. The van der Waals surface area contributed by atoms with E-state index >= 15 is 0 Å². The molecule has 0 amide bonds. The zero-order valence-corrected chi connectivity index (χ0v) is 4.68. The quantitative estimate of drug-likeness (QED) is 0.378. The van der Waals surface area contributed by atoms with E-state index in [4.69, 9.17) is 5.73 Å². The second-order valence-electron chi connectivity index (χ2n) is 1.53. The maximum Gasteiger partial charge on any atom is 0.153 e. The van der Waals surface area contributed by atoms with E-state index < -0.39 is 0 Å². The molecule has 46 valence electrons. The molecule has 4 N–H and O–H groups in total. The van der Waals surface area contributed by atoms with Crippen molar-refractivity contribution in [2.75, 3.05) is 13.6 Å². The van der Waals surface area contributed by atoms with Gasteiger partial charge in [0.05, 0.1) is 6.54 Å². The van der Waals surface area contributed by atoms with Crippen LogP contribution in [0.5, 0.6) is 0 Å². The Hall–Kier alpha value is -0.810. The van der Waals surface area contributed by atoms with Gasteiger partial charge in [0.15, 0.2) is 5.84 Å². The van der Waals surface area contributed by atoms with Crippen molar-refractivity contribution in [3.63, 3.8) is 0 Å². The number of hydrogen-bond donors (Lipinski definition) is 3. The molecule has 0 aromatic rings. The lowest BCUT2D eigenvalue weighted by atomic mass is 10.6. The van der Waals surface area contributed by atoms with Crippen molar-refractivity contribution in [1.29, 1.82) is 0 Å². The summed E-state index contributed by atoms with van der Waals surface area (Å²) in [6, 6.07) is 0. The zero-order valence-electron chi connectivity index (χ0n) is 4.68. The van der Waals surface area contributed by atoms with Gasteiger partial charge in [-0.1, -0.05) is 0 Å². The molecular weight excluding hydrogens is 106 g/mol. The standard InChI is InChI=1S/C3H9N5/c1-8-6-3(2-4)5-7-8/h7H,2,4H2,1H3,(H,5,6). The molecule has 1 aliphatic rings. The minimum absolute atomic E-state index is 0.442. The summed E-state index contributed by atoms with van der Waals surface area (Å²) in [4.78, 5) is 0. The molecule has 1 rings (SSSR count). The van der Waals surface area contributed by atoms with Crippen LogP contribution in [0.15, 0.2) is 5.10 Å². The summed E-state index contributed by atoms with van der Waals surface area (Å²) in [5.41, 5.74) is 10.7. The van der Waals surface area contributed by atoms with Crippen LogP contribution in [0.3, 0.4) is 0 Å². The summed E-state index contributed by atoms with van der Waals surface area (Å²) in [6.45, 7) is 0.442. The highest BCUT2D eigenvalue weighted by atomic mass is 15.9. The second kappa shape index (κ2) is 1.97. The first-order chi connectivity index (χ1) is 3.83. The van der Waals surface area contributed by atoms with Crippen LogP contribution in [0.1, 0.15) is 0 Å². The first-order valence-electron chi connectivity index (χ1n) is 2.35. The summed E-state index contributed by atoms with van der Waals surface area (Å²) in [6.07, 6.45) is 0. The maximum absolute atomic E-state index is 5.24. The van der Waals surface area contributed by atoms with Crippen molar-refractivity contribution in [2.24, 2.45) is 10.8 Å². The lowest BCUT2D eigenvalue weighted by Crippen LogP contribution is -2.39. The Balaban J connectivity index is 2.37. The fourth-order valence-electron chi connectivity index (χ4n) is 0.470. The van der Waals surface area contributed by atoms with Gasteiger partial charge in [0, 0.05) is 7.05 Å². The van der Waals surface area contributed by atoms with Crippen LogP contribution in [0, 0.1) is 0 Å². The first-order valence-corrected chi connectivity index (χ1v) is 2.35. The third kappa shape index (κ3) is 0.877. The Morgan fingerprint density at radius 3 is 2.88 bits per heavy atom. The molecule has 8 heavy (non-hydrogen) atoms. The topological polar surface area (TPSA) is 65.7 Å². The molecule has 0 fully saturated rings. The SMILES string of the molecule is CN1NN=C(CN)N1.